The van der Waals surface area contributed by atoms with Crippen LogP contribution in [0, 0.1) is 17.7 Å². The number of hydrogen-bond acceptors (Lipinski definition) is 9. The Labute approximate surface area is 248 Å². The van der Waals surface area contributed by atoms with Crippen molar-refractivity contribution in [2.75, 3.05) is 33.1 Å². The summed E-state index contributed by atoms with van der Waals surface area (Å²) in [5, 5.41) is 45.9. The quantitative estimate of drug-likeness (QED) is 0.303. The highest BCUT2D eigenvalue weighted by Crippen LogP contribution is 2.54. The summed E-state index contributed by atoms with van der Waals surface area (Å²) in [6.45, 7) is 0. The molecule has 1 saturated carbocycles. The molecule has 2 aromatic rings. The van der Waals surface area contributed by atoms with Crippen molar-refractivity contribution in [3.63, 3.8) is 0 Å². The molecular formula is C32H36FN3O7. The van der Waals surface area contributed by atoms with Crippen molar-refractivity contribution in [2.24, 2.45) is 17.6 Å². The van der Waals surface area contributed by atoms with Gasteiger partial charge in [0.05, 0.1) is 11.6 Å². The number of fused-ring (bicyclic) bond motifs is 3. The molecule has 3 aliphatic carbocycles. The molecule has 1 fully saturated rings. The molecule has 6 N–H and O–H groups in total. The summed E-state index contributed by atoms with van der Waals surface area (Å²) in [6.07, 6.45) is 1.48. The molecule has 10 nitrogen and oxygen atoms in total. The number of nitrogens with zero attached hydrogens (tertiary/aromatic N) is 2. The van der Waals surface area contributed by atoms with E-state index in [1.165, 1.54) is 11.0 Å². The molecule has 0 radical (unpaired) electrons. The summed E-state index contributed by atoms with van der Waals surface area (Å²) >= 11 is 0. The van der Waals surface area contributed by atoms with E-state index in [1.54, 1.807) is 32.3 Å². The Hall–Kier alpha value is -4.22. The molecule has 2 aromatic carbocycles. The molecule has 4 unspecified atom stereocenters. The zero-order valence-electron chi connectivity index (χ0n) is 24.5. The SMILES string of the molecule is CN(C)c1cc(CCCc2ccccc2F)c(O)c2c1CC1CC3C(N(C)C)C(=O)C(C(N)=O)=C(O)C3(O)C(=O)C1=C2O. The number of phenols is 1. The first-order valence-corrected chi connectivity index (χ1v) is 14.1. The second-order valence-corrected chi connectivity index (χ2v) is 12.1. The number of halogens is 1. The number of rotatable bonds is 7. The van der Waals surface area contributed by atoms with Gasteiger partial charge in [-0.05, 0) is 80.9 Å². The van der Waals surface area contributed by atoms with Gasteiger partial charge in [-0.3, -0.25) is 19.3 Å². The van der Waals surface area contributed by atoms with E-state index < -0.39 is 58.0 Å². The zero-order valence-corrected chi connectivity index (χ0v) is 24.5. The van der Waals surface area contributed by atoms with Crippen LogP contribution in [-0.4, -0.2) is 82.6 Å². The highest BCUT2D eigenvalue weighted by molar-refractivity contribution is 6.24. The van der Waals surface area contributed by atoms with Gasteiger partial charge in [0.25, 0.3) is 5.91 Å². The largest absolute Gasteiger partial charge is 0.508 e. The zero-order chi connectivity index (χ0) is 31.5. The van der Waals surface area contributed by atoms with E-state index in [9.17, 15) is 39.2 Å². The van der Waals surface area contributed by atoms with Crippen LogP contribution in [0.25, 0.3) is 5.76 Å². The molecule has 0 heterocycles. The first kappa shape index (κ1) is 30.2. The van der Waals surface area contributed by atoms with Crippen LogP contribution in [0.1, 0.15) is 35.1 Å². The first-order chi connectivity index (χ1) is 20.2. The van der Waals surface area contributed by atoms with Crippen LogP contribution in [0.5, 0.6) is 5.75 Å². The number of hydrogen-bond donors (Lipinski definition) is 5. The molecule has 11 heteroatoms. The number of amides is 1. The van der Waals surface area contributed by atoms with Crippen molar-refractivity contribution in [1.29, 1.82) is 0 Å². The highest BCUT2D eigenvalue weighted by Gasteiger charge is 2.64. The van der Waals surface area contributed by atoms with Crippen LogP contribution in [0.3, 0.4) is 0 Å². The summed E-state index contributed by atoms with van der Waals surface area (Å²) in [7, 11) is 6.74. The standard InChI is InChI=1S/C32H36FN3O7/c1-35(2)21-14-16(10-7-9-15-8-5-6-11-20(15)33)26(37)23-18(21)12-17-13-19-25(36(3)4)28(39)24(31(34)42)30(41)32(19,43)29(40)22(17)27(23)38/h5-6,8,11,14,17,19,25,37-38,41,43H,7,9-10,12-13H2,1-4H3,(H2,34,42). The van der Waals surface area contributed by atoms with E-state index >= 15 is 0 Å². The van der Waals surface area contributed by atoms with E-state index in [-0.39, 0.29) is 35.5 Å². The molecule has 1 amide bonds. The van der Waals surface area contributed by atoms with Crippen LogP contribution in [0.4, 0.5) is 10.1 Å². The van der Waals surface area contributed by atoms with Gasteiger partial charge in [-0.15, -0.1) is 0 Å². The van der Waals surface area contributed by atoms with Crippen molar-refractivity contribution >= 4 is 28.9 Å². The lowest BCUT2D eigenvalue weighted by Gasteiger charge is -2.50. The van der Waals surface area contributed by atoms with E-state index in [4.69, 9.17) is 5.73 Å². The molecule has 3 aliphatic rings. The fraction of sp³-hybridized carbons (Fsp3) is 0.406. The molecule has 0 aliphatic heterocycles. The van der Waals surface area contributed by atoms with Gasteiger partial charge in [0, 0.05) is 31.3 Å². The summed E-state index contributed by atoms with van der Waals surface area (Å²) in [5.74, 6) is -7.13. The maximum atomic E-state index is 14.2. The minimum absolute atomic E-state index is 0.0176. The topological polar surface area (TPSA) is 165 Å². The van der Waals surface area contributed by atoms with Crippen LogP contribution in [-0.2, 0) is 33.6 Å². The molecule has 5 rings (SSSR count). The number of aliphatic hydroxyl groups is 3. The van der Waals surface area contributed by atoms with Crippen molar-refractivity contribution in [3.8, 4) is 5.75 Å². The minimum Gasteiger partial charge on any atom is -0.508 e. The van der Waals surface area contributed by atoms with Gasteiger partial charge in [0.15, 0.2) is 11.4 Å². The predicted molar refractivity (Wildman–Crippen MR) is 157 cm³/mol. The fourth-order valence-electron chi connectivity index (χ4n) is 7.11. The van der Waals surface area contributed by atoms with Crippen molar-refractivity contribution in [3.05, 3.63) is 75.3 Å². The van der Waals surface area contributed by atoms with Crippen LogP contribution >= 0.6 is 0 Å². The number of aliphatic hydroxyl groups excluding tert-OH is 2. The van der Waals surface area contributed by atoms with Crippen molar-refractivity contribution in [1.82, 2.24) is 4.90 Å². The Morgan fingerprint density at radius 2 is 1.72 bits per heavy atom. The second-order valence-electron chi connectivity index (χ2n) is 12.1. The third-order valence-corrected chi connectivity index (χ3v) is 9.11. The Morgan fingerprint density at radius 3 is 2.33 bits per heavy atom. The van der Waals surface area contributed by atoms with Gasteiger partial charge >= 0.3 is 0 Å². The summed E-state index contributed by atoms with van der Waals surface area (Å²) in [5.41, 5.74) is 4.01. The lowest BCUT2D eigenvalue weighted by atomic mass is 9.57. The van der Waals surface area contributed by atoms with E-state index in [0.29, 0.717) is 41.6 Å². The number of Topliss-reactive ketones (excluding diaryl/α,β-unsaturated/α-hetero) is 2. The number of carbonyl (C=O) groups excluding carboxylic acids is 3. The van der Waals surface area contributed by atoms with Crippen LogP contribution in [0.2, 0.25) is 0 Å². The number of nitrogens with two attached hydrogens (primary N) is 1. The van der Waals surface area contributed by atoms with Crippen molar-refractivity contribution in [2.45, 2.75) is 43.7 Å². The Morgan fingerprint density at radius 1 is 1.07 bits per heavy atom. The van der Waals surface area contributed by atoms with E-state index in [0.717, 1.165) is 0 Å². The number of carbonyl (C=O) groups is 3. The Balaban J connectivity index is 1.62. The molecular weight excluding hydrogens is 557 g/mol. The number of anilines is 1. The van der Waals surface area contributed by atoms with Gasteiger partial charge in [0.2, 0.25) is 5.78 Å². The normalized spacial score (nSPS) is 25.0. The molecule has 43 heavy (non-hydrogen) atoms. The number of primary amides is 1. The number of likely N-dealkylation sites (N-methyl/N-ethyl adjacent to an activating group) is 1. The average Bonchev–Trinajstić information content (AvgIpc) is 2.92. The lowest BCUT2D eigenvalue weighted by molar-refractivity contribution is -0.153. The number of aromatic hydroxyl groups is 1. The predicted octanol–water partition coefficient (Wildman–Crippen LogP) is 2.34. The van der Waals surface area contributed by atoms with Gasteiger partial charge < -0.3 is 31.1 Å². The van der Waals surface area contributed by atoms with Gasteiger partial charge in [-0.25, -0.2) is 4.39 Å². The van der Waals surface area contributed by atoms with E-state index in [2.05, 4.69) is 0 Å². The maximum absolute atomic E-state index is 14.2. The summed E-state index contributed by atoms with van der Waals surface area (Å²) in [4.78, 5) is 42.8. The highest BCUT2D eigenvalue weighted by atomic mass is 19.1. The van der Waals surface area contributed by atoms with Crippen molar-refractivity contribution < 1.29 is 39.2 Å². The molecule has 0 saturated heterocycles. The third kappa shape index (κ3) is 4.58. The number of ketones is 2. The number of phenolic OH excluding ortho intramolecular Hbond substituents is 1. The Bertz CT molecular complexity index is 1610. The first-order valence-electron chi connectivity index (χ1n) is 14.1. The van der Waals surface area contributed by atoms with Gasteiger partial charge in [0.1, 0.15) is 28.7 Å². The lowest BCUT2D eigenvalue weighted by Crippen LogP contribution is -2.65. The molecule has 0 spiro atoms. The summed E-state index contributed by atoms with van der Waals surface area (Å²) < 4.78 is 14.2. The number of aryl methyl sites for hydroxylation is 2. The smallest absolute Gasteiger partial charge is 0.255 e. The summed E-state index contributed by atoms with van der Waals surface area (Å²) in [6, 6.07) is 7.12. The fourth-order valence-corrected chi connectivity index (χ4v) is 7.11. The monoisotopic (exact) mass is 593 g/mol. The van der Waals surface area contributed by atoms with Crippen LogP contribution in [0.15, 0.2) is 47.2 Å². The van der Waals surface area contributed by atoms with Gasteiger partial charge in [-0.2, -0.15) is 0 Å². The average molecular weight is 594 g/mol. The maximum Gasteiger partial charge on any atom is 0.255 e. The molecule has 0 bridgehead atoms. The molecule has 0 aromatic heterocycles. The third-order valence-electron chi connectivity index (χ3n) is 9.11. The minimum atomic E-state index is -2.69. The van der Waals surface area contributed by atoms with Gasteiger partial charge in [-0.1, -0.05) is 18.2 Å². The molecule has 4 atom stereocenters. The Kier molecular flexibility index (Phi) is 7.60. The van der Waals surface area contributed by atoms with Crippen LogP contribution < -0.4 is 10.6 Å². The molecule has 228 valence electrons. The second kappa shape index (κ2) is 10.8. The number of benzene rings is 2. The van der Waals surface area contributed by atoms with E-state index in [1.807, 2.05) is 25.1 Å².